The molecule has 0 fully saturated rings. The standard InChI is InChI=1S/C11H12N6O/c1-7-4-17(8-2-14-6-15-3-8)5-9(7)10(18)16-11(12)13/h2-6H,1H3,(H4,12,13,16,18). The molecular weight excluding hydrogens is 232 g/mol. The van der Waals surface area contributed by atoms with E-state index in [4.69, 9.17) is 11.1 Å². The van der Waals surface area contributed by atoms with E-state index >= 15 is 0 Å². The Bertz CT molecular complexity index is 589. The van der Waals surface area contributed by atoms with Gasteiger partial charge in [0.25, 0.3) is 5.91 Å². The van der Waals surface area contributed by atoms with Crippen LogP contribution in [-0.2, 0) is 0 Å². The molecule has 2 heterocycles. The van der Waals surface area contributed by atoms with Crippen molar-refractivity contribution in [1.82, 2.24) is 19.9 Å². The largest absolute Gasteiger partial charge is 0.370 e. The Morgan fingerprint density at radius 2 is 2.06 bits per heavy atom. The van der Waals surface area contributed by atoms with Gasteiger partial charge in [0.2, 0.25) is 0 Å². The van der Waals surface area contributed by atoms with Gasteiger partial charge in [-0.1, -0.05) is 0 Å². The lowest BCUT2D eigenvalue weighted by Gasteiger charge is -2.01. The lowest BCUT2D eigenvalue weighted by molar-refractivity contribution is 0.0976. The first kappa shape index (κ1) is 11.8. The van der Waals surface area contributed by atoms with E-state index < -0.39 is 5.91 Å². The average molecular weight is 244 g/mol. The van der Waals surface area contributed by atoms with E-state index in [0.717, 1.165) is 11.3 Å². The minimum Gasteiger partial charge on any atom is -0.370 e. The predicted molar refractivity (Wildman–Crippen MR) is 65.5 cm³/mol. The number of carbonyl (C=O) groups excluding carboxylic acids is 1. The third kappa shape index (κ3) is 2.34. The smallest absolute Gasteiger partial charge is 0.259 e. The Balaban J connectivity index is 2.33. The summed E-state index contributed by atoms with van der Waals surface area (Å²) in [5, 5.41) is 9.28. The minimum atomic E-state index is -0.407. The molecule has 4 N–H and O–H groups in total. The van der Waals surface area contributed by atoms with Gasteiger partial charge in [0.05, 0.1) is 23.6 Å². The molecule has 0 radical (unpaired) electrons. The second-order valence-electron chi connectivity index (χ2n) is 3.73. The molecule has 2 aromatic heterocycles. The molecular formula is C11H12N6O. The fraction of sp³-hybridized carbons (Fsp3) is 0.0909. The quantitative estimate of drug-likeness (QED) is 0.517. The molecule has 7 heteroatoms. The number of aromatic nitrogens is 3. The van der Waals surface area contributed by atoms with E-state index in [0.29, 0.717) is 5.56 Å². The molecule has 0 atom stereocenters. The number of amides is 1. The van der Waals surface area contributed by atoms with Gasteiger partial charge in [-0.15, -0.1) is 0 Å². The normalized spacial score (nSPS) is 10.1. The molecule has 0 saturated carbocycles. The molecule has 0 aliphatic heterocycles. The van der Waals surface area contributed by atoms with Crippen molar-refractivity contribution >= 4 is 11.9 Å². The Kier molecular flexibility index (Phi) is 3.05. The van der Waals surface area contributed by atoms with Crippen LogP contribution in [0.2, 0.25) is 0 Å². The van der Waals surface area contributed by atoms with Crippen molar-refractivity contribution in [3.05, 3.63) is 42.2 Å². The van der Waals surface area contributed by atoms with Gasteiger partial charge in [-0.25, -0.2) is 9.97 Å². The molecule has 92 valence electrons. The molecule has 2 rings (SSSR count). The van der Waals surface area contributed by atoms with Gasteiger partial charge in [-0.05, 0) is 12.5 Å². The van der Waals surface area contributed by atoms with Crippen LogP contribution < -0.4 is 11.1 Å². The van der Waals surface area contributed by atoms with Crippen molar-refractivity contribution in [2.24, 2.45) is 5.73 Å². The summed E-state index contributed by atoms with van der Waals surface area (Å²) in [5.74, 6) is -0.786. The first-order valence-corrected chi connectivity index (χ1v) is 5.17. The minimum absolute atomic E-state index is 0.379. The second-order valence-corrected chi connectivity index (χ2v) is 3.73. The molecule has 0 saturated heterocycles. The van der Waals surface area contributed by atoms with Crippen molar-refractivity contribution in [3.63, 3.8) is 0 Å². The van der Waals surface area contributed by atoms with E-state index in [1.54, 1.807) is 36.3 Å². The highest BCUT2D eigenvalue weighted by molar-refractivity contribution is 6.05. The SMILES string of the molecule is Cc1cn(-c2cncnc2)cc1C(=O)NC(=N)N. The van der Waals surface area contributed by atoms with Gasteiger partial charge < -0.3 is 10.3 Å². The highest BCUT2D eigenvalue weighted by Gasteiger charge is 2.13. The highest BCUT2D eigenvalue weighted by atomic mass is 16.1. The molecule has 0 aromatic carbocycles. The van der Waals surface area contributed by atoms with Crippen molar-refractivity contribution in [1.29, 1.82) is 5.41 Å². The zero-order valence-corrected chi connectivity index (χ0v) is 9.71. The molecule has 18 heavy (non-hydrogen) atoms. The predicted octanol–water partition coefficient (Wildman–Crippen LogP) is 0.199. The fourth-order valence-corrected chi connectivity index (χ4v) is 1.56. The number of rotatable bonds is 2. The number of hydrogen-bond acceptors (Lipinski definition) is 4. The summed E-state index contributed by atoms with van der Waals surface area (Å²) in [5.41, 5.74) is 7.10. The van der Waals surface area contributed by atoms with Crippen molar-refractivity contribution in [3.8, 4) is 5.69 Å². The number of carbonyl (C=O) groups is 1. The fourth-order valence-electron chi connectivity index (χ4n) is 1.56. The highest BCUT2D eigenvalue weighted by Crippen LogP contribution is 2.13. The van der Waals surface area contributed by atoms with E-state index in [9.17, 15) is 4.79 Å². The number of guanidine groups is 1. The zero-order chi connectivity index (χ0) is 13.1. The van der Waals surface area contributed by atoms with Crippen LogP contribution in [0.15, 0.2) is 31.1 Å². The van der Waals surface area contributed by atoms with Gasteiger partial charge in [0.1, 0.15) is 6.33 Å². The van der Waals surface area contributed by atoms with Crippen LogP contribution in [0.1, 0.15) is 15.9 Å². The van der Waals surface area contributed by atoms with Crippen LogP contribution in [0.5, 0.6) is 0 Å². The van der Waals surface area contributed by atoms with Gasteiger partial charge in [-0.3, -0.25) is 15.5 Å². The molecule has 1 amide bonds. The first-order valence-electron chi connectivity index (χ1n) is 5.17. The Morgan fingerprint density at radius 1 is 1.39 bits per heavy atom. The van der Waals surface area contributed by atoms with Crippen LogP contribution in [0.4, 0.5) is 0 Å². The second kappa shape index (κ2) is 4.66. The van der Waals surface area contributed by atoms with Crippen LogP contribution in [-0.4, -0.2) is 26.4 Å². The van der Waals surface area contributed by atoms with Gasteiger partial charge >= 0.3 is 0 Å². The van der Waals surface area contributed by atoms with Crippen molar-refractivity contribution in [2.75, 3.05) is 0 Å². The van der Waals surface area contributed by atoms with Gasteiger partial charge in [-0.2, -0.15) is 0 Å². The van der Waals surface area contributed by atoms with Crippen LogP contribution in [0.3, 0.4) is 0 Å². The van der Waals surface area contributed by atoms with Crippen molar-refractivity contribution < 1.29 is 4.79 Å². The maximum atomic E-state index is 11.7. The summed E-state index contributed by atoms with van der Waals surface area (Å²) in [4.78, 5) is 19.6. The lowest BCUT2D eigenvalue weighted by Crippen LogP contribution is -2.35. The van der Waals surface area contributed by atoms with E-state index in [2.05, 4.69) is 15.3 Å². The molecule has 0 bridgehead atoms. The Hall–Kier alpha value is -2.70. The van der Waals surface area contributed by atoms with Crippen molar-refractivity contribution in [2.45, 2.75) is 6.92 Å². The number of nitrogens with one attached hydrogen (secondary N) is 2. The first-order chi connectivity index (χ1) is 8.58. The zero-order valence-electron chi connectivity index (χ0n) is 9.71. The summed E-state index contributed by atoms with van der Waals surface area (Å²) in [7, 11) is 0. The maximum Gasteiger partial charge on any atom is 0.259 e. The molecule has 0 aliphatic rings. The Morgan fingerprint density at radius 3 is 2.67 bits per heavy atom. The average Bonchev–Trinajstić information content (AvgIpc) is 2.72. The number of hydrogen-bond donors (Lipinski definition) is 3. The van der Waals surface area contributed by atoms with Gasteiger partial charge in [0, 0.05) is 12.4 Å². The van der Waals surface area contributed by atoms with Gasteiger partial charge in [0.15, 0.2) is 5.96 Å². The summed E-state index contributed by atoms with van der Waals surface area (Å²) in [6.07, 6.45) is 8.14. The summed E-state index contributed by atoms with van der Waals surface area (Å²) >= 11 is 0. The summed E-state index contributed by atoms with van der Waals surface area (Å²) in [6, 6.07) is 0. The van der Waals surface area contributed by atoms with E-state index in [-0.39, 0.29) is 5.96 Å². The third-order valence-electron chi connectivity index (χ3n) is 2.36. The summed E-state index contributed by atoms with van der Waals surface area (Å²) in [6.45, 7) is 1.80. The molecule has 0 aliphatic carbocycles. The van der Waals surface area contributed by atoms with Crippen LogP contribution in [0, 0.1) is 12.3 Å². The molecule has 0 unspecified atom stereocenters. The van der Waals surface area contributed by atoms with E-state index in [1.807, 2.05) is 0 Å². The van der Waals surface area contributed by atoms with E-state index in [1.165, 1.54) is 6.33 Å². The molecule has 7 nitrogen and oxygen atoms in total. The molecule has 2 aromatic rings. The van der Waals surface area contributed by atoms with Crippen LogP contribution in [0.25, 0.3) is 5.69 Å². The lowest BCUT2D eigenvalue weighted by atomic mass is 10.2. The monoisotopic (exact) mass is 244 g/mol. The summed E-state index contributed by atoms with van der Waals surface area (Å²) < 4.78 is 1.74. The number of nitrogens with zero attached hydrogens (tertiary/aromatic N) is 3. The molecule has 0 spiro atoms. The topological polar surface area (TPSA) is 110 Å². The number of nitrogens with two attached hydrogens (primary N) is 1. The Labute approximate surface area is 103 Å². The third-order valence-corrected chi connectivity index (χ3v) is 2.36. The maximum absolute atomic E-state index is 11.7. The van der Waals surface area contributed by atoms with Crippen LogP contribution >= 0.6 is 0 Å². The number of aryl methyl sites for hydroxylation is 1.